The van der Waals surface area contributed by atoms with Crippen LogP contribution in [0.15, 0.2) is 0 Å². The summed E-state index contributed by atoms with van der Waals surface area (Å²) >= 11 is 0. The normalized spacial score (nSPS) is 20.1. The van der Waals surface area contributed by atoms with Gasteiger partial charge in [-0.25, -0.2) is 0 Å². The van der Waals surface area contributed by atoms with Crippen molar-refractivity contribution in [1.29, 1.82) is 0 Å². The molecule has 2 saturated heterocycles. The van der Waals surface area contributed by atoms with Crippen molar-refractivity contribution >= 4 is 11.9 Å². The van der Waals surface area contributed by atoms with Crippen LogP contribution in [0, 0.1) is 17.3 Å². The lowest BCUT2D eigenvalue weighted by Gasteiger charge is -2.38. The van der Waals surface area contributed by atoms with Crippen LogP contribution in [0.4, 0.5) is 0 Å². The van der Waals surface area contributed by atoms with Crippen LogP contribution in [-0.2, 0) is 19.1 Å². The van der Waals surface area contributed by atoms with E-state index < -0.39 is 16.6 Å². The Hall–Kier alpha value is -1.14. The summed E-state index contributed by atoms with van der Waals surface area (Å²) in [6.07, 6.45) is 5.26. The van der Waals surface area contributed by atoms with Gasteiger partial charge in [-0.3, -0.25) is 9.59 Å². The van der Waals surface area contributed by atoms with Crippen molar-refractivity contribution in [2.75, 3.05) is 26.2 Å². The number of hydrogen-bond donors (Lipinski definition) is 2. The Morgan fingerprint density at radius 3 is 1.37 bits per heavy atom. The number of esters is 2. The van der Waals surface area contributed by atoms with Crippen LogP contribution in [0.25, 0.3) is 0 Å². The van der Waals surface area contributed by atoms with E-state index in [1.807, 2.05) is 41.5 Å². The number of carbonyl (C=O) groups is 2. The van der Waals surface area contributed by atoms with Crippen LogP contribution in [-0.4, -0.2) is 49.3 Å². The molecule has 0 aromatic rings. The first-order valence-electron chi connectivity index (χ1n) is 11.8. The molecule has 0 unspecified atom stereocenters. The molecule has 2 rings (SSSR count). The van der Waals surface area contributed by atoms with Gasteiger partial charge in [0.15, 0.2) is 0 Å². The predicted octanol–water partition coefficient (Wildman–Crippen LogP) is 3.83. The van der Waals surface area contributed by atoms with Gasteiger partial charge in [-0.05, 0) is 91.4 Å². The van der Waals surface area contributed by atoms with E-state index in [1.165, 1.54) is 0 Å². The molecular formula is C24H44N2O4. The van der Waals surface area contributed by atoms with Crippen molar-refractivity contribution in [3.05, 3.63) is 0 Å². The Kier molecular flexibility index (Phi) is 8.75. The average Bonchev–Trinajstić information content (AvgIpc) is 2.68. The number of nitrogens with one attached hydrogen (secondary N) is 2. The monoisotopic (exact) mass is 424 g/mol. The third kappa shape index (κ3) is 7.23. The van der Waals surface area contributed by atoms with Crippen molar-refractivity contribution < 1.29 is 19.1 Å². The number of piperidine rings is 2. The minimum atomic E-state index is -0.481. The summed E-state index contributed by atoms with van der Waals surface area (Å²) in [6.45, 7) is 15.9. The zero-order chi connectivity index (χ0) is 22.4. The van der Waals surface area contributed by atoms with Crippen LogP contribution in [0.5, 0.6) is 0 Å². The van der Waals surface area contributed by atoms with Crippen molar-refractivity contribution in [1.82, 2.24) is 10.6 Å². The van der Waals surface area contributed by atoms with Gasteiger partial charge in [0, 0.05) is 11.8 Å². The Bertz CT molecular complexity index is 530. The molecule has 0 saturated carbocycles. The Morgan fingerprint density at radius 2 is 1.07 bits per heavy atom. The fourth-order valence-corrected chi connectivity index (χ4v) is 4.87. The van der Waals surface area contributed by atoms with E-state index >= 15 is 0 Å². The molecule has 0 bridgehead atoms. The molecule has 0 aliphatic carbocycles. The third-order valence-corrected chi connectivity index (χ3v) is 7.39. The molecular weight excluding hydrogens is 380 g/mol. The van der Waals surface area contributed by atoms with Crippen LogP contribution in [0.3, 0.4) is 0 Å². The molecule has 0 radical (unpaired) electrons. The fourth-order valence-electron chi connectivity index (χ4n) is 4.87. The third-order valence-electron chi connectivity index (χ3n) is 7.39. The maximum atomic E-state index is 12.8. The van der Waals surface area contributed by atoms with Gasteiger partial charge in [0.1, 0.15) is 11.2 Å². The minimum absolute atomic E-state index is 0.215. The van der Waals surface area contributed by atoms with E-state index in [0.717, 1.165) is 58.3 Å². The molecule has 0 aromatic carbocycles. The second kappa shape index (κ2) is 10.4. The summed E-state index contributed by atoms with van der Waals surface area (Å²) < 4.78 is 11.9. The van der Waals surface area contributed by atoms with Crippen molar-refractivity contribution in [2.24, 2.45) is 17.3 Å². The van der Waals surface area contributed by atoms with Crippen molar-refractivity contribution in [3.63, 3.8) is 0 Å². The molecule has 6 nitrogen and oxygen atoms in total. The number of rotatable bonds is 9. The van der Waals surface area contributed by atoms with Crippen molar-refractivity contribution in [2.45, 2.75) is 97.7 Å². The van der Waals surface area contributed by atoms with Crippen LogP contribution >= 0.6 is 0 Å². The summed E-state index contributed by atoms with van der Waals surface area (Å²) in [4.78, 5) is 25.6. The van der Waals surface area contributed by atoms with E-state index in [1.54, 1.807) is 0 Å². The second-order valence-corrected chi connectivity index (χ2v) is 10.7. The maximum absolute atomic E-state index is 12.8. The highest BCUT2D eigenvalue weighted by Gasteiger charge is 2.39. The highest BCUT2D eigenvalue weighted by atomic mass is 16.6. The second-order valence-electron chi connectivity index (χ2n) is 10.7. The zero-order valence-corrected chi connectivity index (χ0v) is 20.1. The number of hydrogen-bond acceptors (Lipinski definition) is 6. The van der Waals surface area contributed by atoms with Gasteiger partial charge in [0.05, 0.1) is 12.8 Å². The fraction of sp³-hybridized carbons (Fsp3) is 0.917. The van der Waals surface area contributed by atoms with Crippen LogP contribution < -0.4 is 10.6 Å². The highest BCUT2D eigenvalue weighted by Crippen LogP contribution is 2.36. The molecule has 2 aliphatic rings. The average molecular weight is 425 g/mol. The lowest BCUT2D eigenvalue weighted by Crippen LogP contribution is -2.44. The van der Waals surface area contributed by atoms with Gasteiger partial charge in [-0.1, -0.05) is 13.8 Å². The van der Waals surface area contributed by atoms with Crippen molar-refractivity contribution in [3.8, 4) is 0 Å². The first-order chi connectivity index (χ1) is 14.0. The largest absolute Gasteiger partial charge is 0.459 e. The van der Waals surface area contributed by atoms with Crippen LogP contribution in [0.2, 0.25) is 0 Å². The quantitative estimate of drug-likeness (QED) is 0.548. The molecule has 2 aliphatic heterocycles. The molecule has 2 heterocycles. The molecule has 0 spiro atoms. The van der Waals surface area contributed by atoms with E-state index in [9.17, 15) is 9.59 Å². The molecule has 2 fully saturated rings. The van der Waals surface area contributed by atoms with E-state index in [-0.39, 0.29) is 24.8 Å². The molecule has 0 amide bonds. The van der Waals surface area contributed by atoms with Gasteiger partial charge < -0.3 is 20.1 Å². The Balaban J connectivity index is 1.90. The predicted molar refractivity (Wildman–Crippen MR) is 119 cm³/mol. The topological polar surface area (TPSA) is 76.7 Å². The van der Waals surface area contributed by atoms with Gasteiger partial charge in [-0.15, -0.1) is 0 Å². The summed E-state index contributed by atoms with van der Waals surface area (Å²) in [5, 5.41) is 6.71. The molecule has 2 N–H and O–H groups in total. The zero-order valence-electron chi connectivity index (χ0n) is 20.1. The van der Waals surface area contributed by atoms with E-state index in [4.69, 9.17) is 9.47 Å². The van der Waals surface area contributed by atoms with E-state index in [0.29, 0.717) is 11.8 Å². The first-order valence-corrected chi connectivity index (χ1v) is 11.8. The molecule has 0 aromatic heterocycles. The summed E-state index contributed by atoms with van der Waals surface area (Å²) in [6, 6.07) is 0. The van der Waals surface area contributed by atoms with Gasteiger partial charge in [-0.2, -0.15) is 0 Å². The smallest absolute Gasteiger partial charge is 0.306 e. The Morgan fingerprint density at radius 1 is 0.733 bits per heavy atom. The summed E-state index contributed by atoms with van der Waals surface area (Å²) in [5.74, 6) is 0.305. The highest BCUT2D eigenvalue weighted by molar-refractivity contribution is 5.74. The molecule has 30 heavy (non-hydrogen) atoms. The minimum Gasteiger partial charge on any atom is -0.459 e. The molecule has 174 valence electrons. The van der Waals surface area contributed by atoms with E-state index in [2.05, 4.69) is 10.6 Å². The number of ether oxygens (including phenoxy) is 2. The Labute approximate surface area is 183 Å². The van der Waals surface area contributed by atoms with Crippen LogP contribution in [0.1, 0.15) is 86.5 Å². The molecule has 6 heteroatoms. The lowest BCUT2D eigenvalue weighted by atomic mass is 9.79. The summed E-state index contributed by atoms with van der Waals surface area (Å²) in [7, 11) is 0. The van der Waals surface area contributed by atoms with Gasteiger partial charge in [0.25, 0.3) is 0 Å². The standard InChI is InChI=1S/C24H44N2O4/c1-7-24(6,16-20(27)29-22(2,3)18-8-12-25-13-9-18)17-21(28)30-23(4,5)19-10-14-26-15-11-19/h18-19,25-26H,7-17H2,1-6H3. The number of carbonyl (C=O) groups excluding carboxylic acids is 2. The maximum Gasteiger partial charge on any atom is 0.306 e. The van der Waals surface area contributed by atoms with Gasteiger partial charge >= 0.3 is 11.9 Å². The molecule has 0 atom stereocenters. The summed E-state index contributed by atoms with van der Waals surface area (Å²) in [5.41, 5.74) is -1.42. The first kappa shape index (κ1) is 25.1. The lowest BCUT2D eigenvalue weighted by molar-refractivity contribution is -0.169. The SMILES string of the molecule is CCC(C)(CC(=O)OC(C)(C)C1CCNCC1)CC(=O)OC(C)(C)C1CCNCC1. The van der Waals surface area contributed by atoms with Gasteiger partial charge in [0.2, 0.25) is 0 Å².